The maximum atomic E-state index is 11.5. The third-order valence-electron chi connectivity index (χ3n) is 3.69. The van der Waals surface area contributed by atoms with Gasteiger partial charge >= 0.3 is 5.69 Å². The monoisotopic (exact) mass is 299 g/mol. The number of hydrogen-bond acceptors (Lipinski definition) is 5. The number of benzene rings is 1. The van der Waals surface area contributed by atoms with Crippen molar-refractivity contribution >= 4 is 21.4 Å². The van der Waals surface area contributed by atoms with Crippen LogP contribution in [-0.2, 0) is 10.0 Å². The molecule has 20 heavy (non-hydrogen) atoms. The van der Waals surface area contributed by atoms with Gasteiger partial charge in [-0.3, -0.25) is 10.1 Å². The van der Waals surface area contributed by atoms with Crippen LogP contribution >= 0.6 is 0 Å². The van der Waals surface area contributed by atoms with E-state index in [2.05, 4.69) is 12.2 Å². The Bertz CT molecular complexity index is 630. The average Bonchev–Trinajstić information content (AvgIpc) is 2.73. The van der Waals surface area contributed by atoms with Crippen LogP contribution in [0.25, 0.3) is 0 Å². The topological polar surface area (TPSA) is 115 Å². The smallest absolute Gasteiger partial charge is 0.312 e. The molecule has 7 nitrogen and oxygen atoms in total. The Balaban J connectivity index is 2.45. The fourth-order valence-electron chi connectivity index (χ4n) is 2.62. The Labute approximate surface area is 117 Å². The van der Waals surface area contributed by atoms with E-state index in [1.54, 1.807) is 0 Å². The Hall–Kier alpha value is -1.67. The molecule has 1 fully saturated rings. The standard InChI is InChI=1S/C12H17N3O4S/c1-8-4-2-5-9(8)14-10-6-3-7-11(20(13,18)19)12(10)15(16)17/h3,6-9,14H,2,4-5H2,1H3,(H2,13,18,19)/t8-,9+/m1/s1. The molecule has 0 amide bonds. The molecule has 1 saturated carbocycles. The van der Waals surface area contributed by atoms with E-state index in [0.717, 1.165) is 25.3 Å². The number of anilines is 1. The highest BCUT2D eigenvalue weighted by molar-refractivity contribution is 7.89. The maximum absolute atomic E-state index is 11.5. The molecule has 2 rings (SSSR count). The highest BCUT2D eigenvalue weighted by atomic mass is 32.2. The Morgan fingerprint density at radius 1 is 1.40 bits per heavy atom. The van der Waals surface area contributed by atoms with Crippen molar-refractivity contribution in [3.63, 3.8) is 0 Å². The largest absolute Gasteiger partial charge is 0.376 e. The lowest BCUT2D eigenvalue weighted by Crippen LogP contribution is -2.23. The molecular formula is C12H17N3O4S. The molecule has 0 unspecified atom stereocenters. The fourth-order valence-corrected chi connectivity index (χ4v) is 3.34. The number of nitrogens with one attached hydrogen (secondary N) is 1. The first-order valence-electron chi connectivity index (χ1n) is 6.37. The molecule has 8 heteroatoms. The Morgan fingerprint density at radius 3 is 2.60 bits per heavy atom. The number of nitro benzene ring substituents is 1. The molecule has 0 bridgehead atoms. The molecule has 0 aromatic heterocycles. The van der Waals surface area contributed by atoms with Crippen molar-refractivity contribution in [1.29, 1.82) is 0 Å². The molecule has 1 aromatic rings. The summed E-state index contributed by atoms with van der Waals surface area (Å²) in [5.41, 5.74) is -0.269. The number of rotatable bonds is 4. The van der Waals surface area contributed by atoms with Crippen LogP contribution in [-0.4, -0.2) is 19.4 Å². The number of primary sulfonamides is 1. The van der Waals surface area contributed by atoms with Gasteiger partial charge < -0.3 is 5.32 Å². The van der Waals surface area contributed by atoms with Gasteiger partial charge in [0.2, 0.25) is 10.0 Å². The third-order valence-corrected chi connectivity index (χ3v) is 4.63. The van der Waals surface area contributed by atoms with Crippen molar-refractivity contribution < 1.29 is 13.3 Å². The first-order chi connectivity index (χ1) is 9.30. The molecule has 0 saturated heterocycles. The summed E-state index contributed by atoms with van der Waals surface area (Å²) in [6, 6.07) is 4.23. The van der Waals surface area contributed by atoms with Gasteiger partial charge in [0.05, 0.1) is 4.92 Å². The van der Waals surface area contributed by atoms with Crippen molar-refractivity contribution in [3.8, 4) is 0 Å². The van der Waals surface area contributed by atoms with Gasteiger partial charge in [-0.25, -0.2) is 13.6 Å². The summed E-state index contributed by atoms with van der Waals surface area (Å²) >= 11 is 0. The van der Waals surface area contributed by atoms with Crippen LogP contribution in [0.5, 0.6) is 0 Å². The third kappa shape index (κ3) is 2.91. The van der Waals surface area contributed by atoms with Crippen LogP contribution in [0.1, 0.15) is 26.2 Å². The Kier molecular flexibility index (Phi) is 3.96. The summed E-state index contributed by atoms with van der Waals surface area (Å²) in [7, 11) is -4.13. The summed E-state index contributed by atoms with van der Waals surface area (Å²) in [6.45, 7) is 2.07. The van der Waals surface area contributed by atoms with E-state index in [-0.39, 0.29) is 11.7 Å². The lowest BCUT2D eigenvalue weighted by atomic mass is 10.1. The first kappa shape index (κ1) is 14.7. The van der Waals surface area contributed by atoms with Gasteiger partial charge in [-0.1, -0.05) is 19.4 Å². The second kappa shape index (κ2) is 5.37. The predicted octanol–water partition coefficient (Wildman–Crippen LogP) is 1.84. The van der Waals surface area contributed by atoms with Crippen LogP contribution in [0.2, 0.25) is 0 Å². The molecule has 110 valence electrons. The zero-order valence-corrected chi connectivity index (χ0v) is 11.9. The van der Waals surface area contributed by atoms with E-state index in [4.69, 9.17) is 5.14 Å². The van der Waals surface area contributed by atoms with Gasteiger partial charge in [0.15, 0.2) is 4.90 Å². The van der Waals surface area contributed by atoms with Gasteiger partial charge in [-0.05, 0) is 30.9 Å². The minimum absolute atomic E-state index is 0.115. The minimum atomic E-state index is -4.13. The molecule has 0 spiro atoms. The lowest BCUT2D eigenvalue weighted by molar-refractivity contribution is -0.386. The number of sulfonamides is 1. The van der Waals surface area contributed by atoms with Gasteiger partial charge in [0, 0.05) is 6.04 Å². The van der Waals surface area contributed by atoms with Crippen LogP contribution < -0.4 is 10.5 Å². The number of nitrogens with two attached hydrogens (primary N) is 1. The predicted molar refractivity (Wildman–Crippen MR) is 74.9 cm³/mol. The zero-order chi connectivity index (χ0) is 14.9. The Morgan fingerprint density at radius 2 is 2.10 bits per heavy atom. The number of hydrogen-bond donors (Lipinski definition) is 2. The summed E-state index contributed by atoms with van der Waals surface area (Å²) in [6.07, 6.45) is 3.03. The van der Waals surface area contributed by atoms with Gasteiger partial charge in [0.1, 0.15) is 5.69 Å². The molecule has 1 aromatic carbocycles. The number of nitro groups is 1. The van der Waals surface area contributed by atoms with E-state index in [9.17, 15) is 18.5 Å². The number of nitrogens with zero attached hydrogens (tertiary/aromatic N) is 1. The average molecular weight is 299 g/mol. The first-order valence-corrected chi connectivity index (χ1v) is 7.92. The van der Waals surface area contributed by atoms with Crippen molar-refractivity contribution in [3.05, 3.63) is 28.3 Å². The van der Waals surface area contributed by atoms with Crippen LogP contribution in [0.4, 0.5) is 11.4 Å². The zero-order valence-electron chi connectivity index (χ0n) is 11.1. The molecule has 0 radical (unpaired) electrons. The van der Waals surface area contributed by atoms with Crippen molar-refractivity contribution in [1.82, 2.24) is 0 Å². The molecular weight excluding hydrogens is 282 g/mol. The van der Waals surface area contributed by atoms with E-state index >= 15 is 0 Å². The van der Waals surface area contributed by atoms with Crippen LogP contribution in [0.3, 0.4) is 0 Å². The van der Waals surface area contributed by atoms with E-state index in [1.165, 1.54) is 12.1 Å². The second-order valence-corrected chi connectivity index (χ2v) is 6.64. The highest BCUT2D eigenvalue weighted by Crippen LogP contribution is 2.35. The second-order valence-electron chi connectivity index (χ2n) is 5.11. The molecule has 3 N–H and O–H groups in total. The number of para-hydroxylation sites is 1. The van der Waals surface area contributed by atoms with Crippen LogP contribution in [0, 0.1) is 16.0 Å². The van der Waals surface area contributed by atoms with Crippen LogP contribution in [0.15, 0.2) is 23.1 Å². The van der Waals surface area contributed by atoms with Crippen molar-refractivity contribution in [2.75, 3.05) is 5.32 Å². The highest BCUT2D eigenvalue weighted by Gasteiger charge is 2.30. The van der Waals surface area contributed by atoms with E-state index in [0.29, 0.717) is 5.92 Å². The van der Waals surface area contributed by atoms with Gasteiger partial charge in [-0.2, -0.15) is 0 Å². The van der Waals surface area contributed by atoms with E-state index in [1.807, 2.05) is 0 Å². The van der Waals surface area contributed by atoms with Crippen molar-refractivity contribution in [2.24, 2.45) is 11.1 Å². The molecule has 2 atom stereocenters. The van der Waals surface area contributed by atoms with Gasteiger partial charge in [0.25, 0.3) is 0 Å². The van der Waals surface area contributed by atoms with Crippen molar-refractivity contribution in [2.45, 2.75) is 37.1 Å². The molecule has 1 aliphatic rings. The summed E-state index contributed by atoms with van der Waals surface area (Å²) in [4.78, 5) is 10.0. The normalized spacial score (nSPS) is 22.7. The SMILES string of the molecule is C[C@@H]1CCC[C@@H]1Nc1cccc(S(N)(=O)=O)c1[N+](=O)[O-]. The quantitative estimate of drug-likeness (QED) is 0.650. The molecule has 0 aliphatic heterocycles. The summed E-state index contributed by atoms with van der Waals surface area (Å²) < 4.78 is 22.9. The summed E-state index contributed by atoms with van der Waals surface area (Å²) in [5, 5.41) is 19.3. The van der Waals surface area contributed by atoms with Gasteiger partial charge in [-0.15, -0.1) is 0 Å². The minimum Gasteiger partial charge on any atom is -0.376 e. The molecule has 0 heterocycles. The molecule has 1 aliphatic carbocycles. The lowest BCUT2D eigenvalue weighted by Gasteiger charge is -2.19. The summed E-state index contributed by atoms with van der Waals surface area (Å²) in [5.74, 6) is 0.396. The fraction of sp³-hybridized carbons (Fsp3) is 0.500. The van der Waals surface area contributed by atoms with E-state index < -0.39 is 25.5 Å². The maximum Gasteiger partial charge on any atom is 0.312 e.